The van der Waals surface area contributed by atoms with E-state index in [-0.39, 0.29) is 6.04 Å². The summed E-state index contributed by atoms with van der Waals surface area (Å²) in [4.78, 5) is 8.25. The highest BCUT2D eigenvalue weighted by Crippen LogP contribution is 2.15. The van der Waals surface area contributed by atoms with E-state index in [4.69, 9.17) is 5.73 Å². The fourth-order valence-corrected chi connectivity index (χ4v) is 1.24. The molecule has 2 aromatic heterocycles. The van der Waals surface area contributed by atoms with Crippen LogP contribution in [0.25, 0.3) is 10.9 Å². The average Bonchev–Trinajstić information content (AvgIpc) is 2.17. The number of hydrogen-bond acceptors (Lipinski definition) is 3. The number of pyridine rings is 2. The SMILES string of the molecule is CC(N)c1cnc2cnccc2c1. The van der Waals surface area contributed by atoms with E-state index in [1.165, 1.54) is 0 Å². The molecule has 2 heterocycles. The molecule has 13 heavy (non-hydrogen) atoms. The van der Waals surface area contributed by atoms with Crippen LogP contribution in [0.4, 0.5) is 0 Å². The third-order valence-electron chi connectivity index (χ3n) is 2.03. The molecule has 0 aromatic carbocycles. The molecule has 3 heteroatoms. The summed E-state index contributed by atoms with van der Waals surface area (Å²) in [6.45, 7) is 1.95. The van der Waals surface area contributed by atoms with Crippen LogP contribution in [0.2, 0.25) is 0 Å². The van der Waals surface area contributed by atoms with E-state index in [2.05, 4.69) is 16.0 Å². The number of hydrogen-bond donors (Lipinski definition) is 1. The molecular formula is C10H11N3. The maximum atomic E-state index is 5.75. The van der Waals surface area contributed by atoms with Gasteiger partial charge in [-0.25, -0.2) is 0 Å². The zero-order valence-corrected chi connectivity index (χ0v) is 7.44. The smallest absolute Gasteiger partial charge is 0.0885 e. The van der Waals surface area contributed by atoms with Crippen molar-refractivity contribution in [3.8, 4) is 0 Å². The van der Waals surface area contributed by atoms with E-state index < -0.39 is 0 Å². The monoisotopic (exact) mass is 173 g/mol. The summed E-state index contributed by atoms with van der Waals surface area (Å²) in [5, 5.41) is 1.09. The maximum Gasteiger partial charge on any atom is 0.0885 e. The van der Waals surface area contributed by atoms with Gasteiger partial charge >= 0.3 is 0 Å². The lowest BCUT2D eigenvalue weighted by Crippen LogP contribution is -2.05. The van der Waals surface area contributed by atoms with Gasteiger partial charge in [0, 0.05) is 23.8 Å². The summed E-state index contributed by atoms with van der Waals surface area (Å²) in [7, 11) is 0. The molecule has 0 aliphatic heterocycles. The molecule has 0 spiro atoms. The van der Waals surface area contributed by atoms with Crippen molar-refractivity contribution in [3.63, 3.8) is 0 Å². The standard InChI is InChI=1S/C10H11N3/c1-7(11)9-4-8-2-3-12-6-10(8)13-5-9/h2-7H,11H2,1H3. The fourth-order valence-electron chi connectivity index (χ4n) is 1.24. The van der Waals surface area contributed by atoms with Gasteiger partial charge in [0.05, 0.1) is 11.7 Å². The van der Waals surface area contributed by atoms with Crippen LogP contribution in [0.15, 0.2) is 30.7 Å². The Kier molecular flexibility index (Phi) is 1.94. The van der Waals surface area contributed by atoms with Gasteiger partial charge in [-0.15, -0.1) is 0 Å². The van der Waals surface area contributed by atoms with Gasteiger partial charge in [0.2, 0.25) is 0 Å². The van der Waals surface area contributed by atoms with Crippen molar-refractivity contribution in [2.24, 2.45) is 5.73 Å². The Hall–Kier alpha value is -1.48. The van der Waals surface area contributed by atoms with Gasteiger partial charge in [0.25, 0.3) is 0 Å². The Morgan fingerprint density at radius 3 is 3.00 bits per heavy atom. The van der Waals surface area contributed by atoms with Crippen molar-refractivity contribution in [1.29, 1.82) is 0 Å². The Labute approximate surface area is 76.6 Å². The molecular weight excluding hydrogens is 162 g/mol. The number of aromatic nitrogens is 2. The molecule has 0 amide bonds. The summed E-state index contributed by atoms with van der Waals surface area (Å²) < 4.78 is 0. The minimum Gasteiger partial charge on any atom is -0.324 e. The molecule has 1 atom stereocenters. The fraction of sp³-hybridized carbons (Fsp3) is 0.200. The molecule has 0 radical (unpaired) electrons. The predicted octanol–water partition coefficient (Wildman–Crippen LogP) is 1.65. The van der Waals surface area contributed by atoms with Gasteiger partial charge in [-0.3, -0.25) is 9.97 Å². The third kappa shape index (κ3) is 1.51. The second-order valence-corrected chi connectivity index (χ2v) is 3.13. The highest BCUT2D eigenvalue weighted by Gasteiger charge is 2.00. The van der Waals surface area contributed by atoms with E-state index in [1.54, 1.807) is 18.6 Å². The minimum atomic E-state index is 0.0325. The number of nitrogens with zero attached hydrogens (tertiary/aromatic N) is 2. The predicted molar refractivity (Wildman–Crippen MR) is 52.1 cm³/mol. The van der Waals surface area contributed by atoms with E-state index in [0.717, 1.165) is 16.5 Å². The van der Waals surface area contributed by atoms with Gasteiger partial charge in [0.15, 0.2) is 0 Å². The number of fused-ring (bicyclic) bond motifs is 1. The highest BCUT2D eigenvalue weighted by atomic mass is 14.7. The molecule has 2 rings (SSSR count). The van der Waals surface area contributed by atoms with E-state index in [0.29, 0.717) is 0 Å². The Morgan fingerprint density at radius 1 is 1.38 bits per heavy atom. The van der Waals surface area contributed by atoms with Crippen molar-refractivity contribution in [2.45, 2.75) is 13.0 Å². The van der Waals surface area contributed by atoms with Crippen LogP contribution < -0.4 is 5.73 Å². The van der Waals surface area contributed by atoms with E-state index >= 15 is 0 Å². The first-order valence-corrected chi connectivity index (χ1v) is 4.22. The highest BCUT2D eigenvalue weighted by molar-refractivity contribution is 5.77. The summed E-state index contributed by atoms with van der Waals surface area (Å²) in [6.07, 6.45) is 5.31. The van der Waals surface area contributed by atoms with Gasteiger partial charge in [-0.05, 0) is 24.6 Å². The first-order valence-electron chi connectivity index (χ1n) is 4.22. The quantitative estimate of drug-likeness (QED) is 0.713. The van der Waals surface area contributed by atoms with Crippen molar-refractivity contribution in [3.05, 3.63) is 36.3 Å². The molecule has 0 aliphatic rings. The van der Waals surface area contributed by atoms with Crippen LogP contribution in [-0.4, -0.2) is 9.97 Å². The summed E-state index contributed by atoms with van der Waals surface area (Å²) in [5.41, 5.74) is 7.71. The van der Waals surface area contributed by atoms with Crippen molar-refractivity contribution in [1.82, 2.24) is 9.97 Å². The topological polar surface area (TPSA) is 51.8 Å². The second-order valence-electron chi connectivity index (χ2n) is 3.13. The molecule has 66 valence electrons. The van der Waals surface area contributed by atoms with E-state index in [9.17, 15) is 0 Å². The summed E-state index contributed by atoms with van der Waals surface area (Å²) in [5.74, 6) is 0. The second kappa shape index (κ2) is 3.11. The van der Waals surface area contributed by atoms with Crippen LogP contribution in [0.5, 0.6) is 0 Å². The Balaban J connectivity index is 2.62. The molecule has 0 saturated carbocycles. The largest absolute Gasteiger partial charge is 0.324 e. The van der Waals surface area contributed by atoms with Gasteiger partial charge < -0.3 is 5.73 Å². The van der Waals surface area contributed by atoms with Crippen LogP contribution in [0.3, 0.4) is 0 Å². The lowest BCUT2D eigenvalue weighted by atomic mass is 10.1. The molecule has 2 N–H and O–H groups in total. The molecule has 0 bridgehead atoms. The van der Waals surface area contributed by atoms with Crippen molar-refractivity contribution in [2.75, 3.05) is 0 Å². The molecule has 0 saturated heterocycles. The molecule has 0 aliphatic carbocycles. The van der Waals surface area contributed by atoms with Gasteiger partial charge in [-0.2, -0.15) is 0 Å². The molecule has 1 unspecified atom stereocenters. The Bertz CT molecular complexity index is 423. The zero-order chi connectivity index (χ0) is 9.26. The summed E-state index contributed by atoms with van der Waals surface area (Å²) in [6, 6.07) is 4.02. The van der Waals surface area contributed by atoms with Crippen molar-refractivity contribution < 1.29 is 0 Å². The van der Waals surface area contributed by atoms with Gasteiger partial charge in [-0.1, -0.05) is 0 Å². The first kappa shape index (κ1) is 8.13. The number of nitrogens with two attached hydrogens (primary N) is 1. The lowest BCUT2D eigenvalue weighted by Gasteiger charge is -2.05. The minimum absolute atomic E-state index is 0.0325. The zero-order valence-electron chi connectivity index (χ0n) is 7.44. The average molecular weight is 173 g/mol. The molecule has 2 aromatic rings. The van der Waals surface area contributed by atoms with E-state index in [1.807, 2.05) is 13.0 Å². The van der Waals surface area contributed by atoms with Crippen LogP contribution in [-0.2, 0) is 0 Å². The van der Waals surface area contributed by atoms with Crippen LogP contribution in [0.1, 0.15) is 18.5 Å². The van der Waals surface area contributed by atoms with Crippen LogP contribution in [0, 0.1) is 0 Å². The van der Waals surface area contributed by atoms with Crippen LogP contribution >= 0.6 is 0 Å². The van der Waals surface area contributed by atoms with Crippen molar-refractivity contribution >= 4 is 10.9 Å². The lowest BCUT2D eigenvalue weighted by molar-refractivity contribution is 0.814. The maximum absolute atomic E-state index is 5.75. The molecule has 3 nitrogen and oxygen atoms in total. The molecule has 0 fully saturated rings. The number of rotatable bonds is 1. The first-order chi connectivity index (χ1) is 6.27. The normalized spacial score (nSPS) is 13.1. The third-order valence-corrected chi connectivity index (χ3v) is 2.03. The van der Waals surface area contributed by atoms with Gasteiger partial charge in [0.1, 0.15) is 0 Å². The summed E-state index contributed by atoms with van der Waals surface area (Å²) >= 11 is 0. The Morgan fingerprint density at radius 2 is 2.23 bits per heavy atom.